The van der Waals surface area contributed by atoms with Gasteiger partial charge < -0.3 is 15.4 Å². The Morgan fingerprint density at radius 3 is 2.65 bits per heavy atom. The number of amides is 2. The van der Waals surface area contributed by atoms with Crippen LogP contribution in [0.2, 0.25) is 0 Å². The molecule has 8 heteroatoms. The first-order valence-electron chi connectivity index (χ1n) is 9.33. The van der Waals surface area contributed by atoms with Crippen molar-refractivity contribution < 1.29 is 14.3 Å². The molecule has 0 atom stereocenters. The SMILES string of the molecule is CCCC(CCC)C(=O)Nc1c2c(nn1CC(=O)NCCOC)CSC2. The van der Waals surface area contributed by atoms with Crippen molar-refractivity contribution >= 4 is 29.4 Å². The number of thioether (sulfide) groups is 1. The van der Waals surface area contributed by atoms with Gasteiger partial charge in [0, 0.05) is 36.6 Å². The van der Waals surface area contributed by atoms with E-state index in [9.17, 15) is 9.59 Å². The van der Waals surface area contributed by atoms with Gasteiger partial charge in [0.1, 0.15) is 12.4 Å². The Morgan fingerprint density at radius 2 is 2.00 bits per heavy atom. The summed E-state index contributed by atoms with van der Waals surface area (Å²) < 4.78 is 6.58. The van der Waals surface area contributed by atoms with Crippen LogP contribution < -0.4 is 10.6 Å². The van der Waals surface area contributed by atoms with E-state index in [1.807, 2.05) is 0 Å². The summed E-state index contributed by atoms with van der Waals surface area (Å²) in [4.78, 5) is 24.9. The van der Waals surface area contributed by atoms with E-state index in [1.165, 1.54) is 0 Å². The number of carbonyl (C=O) groups is 2. The van der Waals surface area contributed by atoms with Crippen LogP contribution in [-0.4, -0.2) is 41.9 Å². The van der Waals surface area contributed by atoms with E-state index in [0.717, 1.165) is 48.4 Å². The summed E-state index contributed by atoms with van der Waals surface area (Å²) in [5, 5.41) is 10.4. The van der Waals surface area contributed by atoms with Crippen molar-refractivity contribution in [1.29, 1.82) is 0 Å². The van der Waals surface area contributed by atoms with Gasteiger partial charge in [0.25, 0.3) is 0 Å². The van der Waals surface area contributed by atoms with Crippen LogP contribution in [-0.2, 0) is 32.4 Å². The second kappa shape index (κ2) is 10.6. The molecule has 2 amide bonds. The predicted molar refractivity (Wildman–Crippen MR) is 104 cm³/mol. The van der Waals surface area contributed by atoms with Gasteiger partial charge in [-0.25, -0.2) is 4.68 Å². The van der Waals surface area contributed by atoms with Gasteiger partial charge in [0.15, 0.2) is 0 Å². The second-order valence-corrected chi connectivity index (χ2v) is 7.52. The average molecular weight is 383 g/mol. The van der Waals surface area contributed by atoms with Crippen LogP contribution in [0, 0.1) is 5.92 Å². The van der Waals surface area contributed by atoms with Gasteiger partial charge in [-0.05, 0) is 12.8 Å². The number of rotatable bonds is 11. The number of fused-ring (bicyclic) bond motifs is 1. The minimum atomic E-state index is -0.134. The quantitative estimate of drug-likeness (QED) is 0.575. The van der Waals surface area contributed by atoms with E-state index in [0.29, 0.717) is 19.0 Å². The Labute approximate surface area is 159 Å². The van der Waals surface area contributed by atoms with Crippen LogP contribution in [0.15, 0.2) is 0 Å². The summed E-state index contributed by atoms with van der Waals surface area (Å²) in [5.74, 6) is 2.24. The summed E-state index contributed by atoms with van der Waals surface area (Å²) in [6.07, 6.45) is 3.71. The lowest BCUT2D eigenvalue weighted by Crippen LogP contribution is -2.32. The smallest absolute Gasteiger partial charge is 0.241 e. The largest absolute Gasteiger partial charge is 0.383 e. The van der Waals surface area contributed by atoms with Crippen molar-refractivity contribution in [3.8, 4) is 0 Å². The molecule has 0 bridgehead atoms. The molecule has 1 aromatic rings. The van der Waals surface area contributed by atoms with Crippen molar-refractivity contribution in [2.75, 3.05) is 25.6 Å². The van der Waals surface area contributed by atoms with E-state index in [4.69, 9.17) is 4.74 Å². The topological polar surface area (TPSA) is 85.2 Å². The molecule has 26 heavy (non-hydrogen) atoms. The molecule has 0 aromatic carbocycles. The minimum Gasteiger partial charge on any atom is -0.383 e. The molecular weight excluding hydrogens is 352 g/mol. The molecule has 0 unspecified atom stereocenters. The van der Waals surface area contributed by atoms with Crippen LogP contribution in [0.4, 0.5) is 5.82 Å². The molecule has 2 heterocycles. The zero-order valence-corrected chi connectivity index (χ0v) is 16.8. The van der Waals surface area contributed by atoms with Crippen LogP contribution >= 0.6 is 11.8 Å². The molecule has 2 N–H and O–H groups in total. The Balaban J connectivity index is 2.11. The number of anilines is 1. The maximum atomic E-state index is 12.8. The number of ether oxygens (including phenoxy) is 1. The third kappa shape index (κ3) is 5.48. The van der Waals surface area contributed by atoms with Crippen molar-refractivity contribution in [1.82, 2.24) is 15.1 Å². The van der Waals surface area contributed by atoms with Crippen molar-refractivity contribution in [3.05, 3.63) is 11.3 Å². The molecule has 1 aliphatic rings. The van der Waals surface area contributed by atoms with Crippen molar-refractivity contribution in [3.63, 3.8) is 0 Å². The third-order valence-electron chi connectivity index (χ3n) is 4.43. The number of aromatic nitrogens is 2. The highest BCUT2D eigenvalue weighted by molar-refractivity contribution is 7.98. The fourth-order valence-electron chi connectivity index (χ4n) is 3.13. The maximum Gasteiger partial charge on any atom is 0.241 e. The van der Waals surface area contributed by atoms with E-state index in [-0.39, 0.29) is 24.3 Å². The first-order valence-corrected chi connectivity index (χ1v) is 10.5. The molecule has 1 aliphatic heterocycles. The normalized spacial score (nSPS) is 13.1. The number of nitrogens with zero attached hydrogens (tertiary/aromatic N) is 2. The number of nitrogens with one attached hydrogen (secondary N) is 2. The van der Waals surface area contributed by atoms with Gasteiger partial charge in [-0.1, -0.05) is 26.7 Å². The number of hydrogen-bond acceptors (Lipinski definition) is 5. The van der Waals surface area contributed by atoms with Crippen LogP contribution in [0.1, 0.15) is 50.8 Å². The van der Waals surface area contributed by atoms with Crippen molar-refractivity contribution in [2.24, 2.45) is 5.92 Å². The summed E-state index contributed by atoms with van der Waals surface area (Å²) in [7, 11) is 1.60. The first-order chi connectivity index (χ1) is 12.6. The van der Waals surface area contributed by atoms with Gasteiger partial charge >= 0.3 is 0 Å². The fraction of sp³-hybridized carbons (Fsp3) is 0.722. The molecule has 1 aromatic heterocycles. The zero-order chi connectivity index (χ0) is 18.9. The van der Waals surface area contributed by atoms with Crippen LogP contribution in [0.5, 0.6) is 0 Å². The van der Waals surface area contributed by atoms with Gasteiger partial charge in [-0.15, -0.1) is 0 Å². The fourth-order valence-corrected chi connectivity index (χ4v) is 4.16. The van der Waals surface area contributed by atoms with Gasteiger partial charge in [-0.3, -0.25) is 9.59 Å². The van der Waals surface area contributed by atoms with Gasteiger partial charge in [-0.2, -0.15) is 16.9 Å². The number of methoxy groups -OCH3 is 1. The average Bonchev–Trinajstić information content (AvgIpc) is 3.18. The highest BCUT2D eigenvalue weighted by atomic mass is 32.2. The van der Waals surface area contributed by atoms with E-state index < -0.39 is 0 Å². The predicted octanol–water partition coefficient (Wildman–Crippen LogP) is 2.55. The first kappa shape index (κ1) is 20.8. The summed E-state index contributed by atoms with van der Waals surface area (Å²) in [6, 6.07) is 0. The molecule has 0 radical (unpaired) electrons. The standard InChI is InChI=1S/C18H30N4O3S/c1-4-6-13(7-5-2)18(24)20-17-14-11-26-12-15(14)21-22(17)10-16(23)19-8-9-25-3/h13H,4-12H2,1-3H3,(H,19,23)(H,20,24). The Hall–Kier alpha value is -1.54. The van der Waals surface area contributed by atoms with Gasteiger partial charge in [0.2, 0.25) is 11.8 Å². The summed E-state index contributed by atoms with van der Waals surface area (Å²) >= 11 is 1.78. The molecule has 0 saturated heterocycles. The second-order valence-electron chi connectivity index (χ2n) is 6.53. The molecular formula is C18H30N4O3S. The minimum absolute atomic E-state index is 0.00795. The van der Waals surface area contributed by atoms with Crippen LogP contribution in [0.25, 0.3) is 0 Å². The molecule has 7 nitrogen and oxygen atoms in total. The summed E-state index contributed by atoms with van der Waals surface area (Å²) in [6.45, 7) is 5.22. The summed E-state index contributed by atoms with van der Waals surface area (Å²) in [5.41, 5.74) is 2.03. The lowest BCUT2D eigenvalue weighted by Gasteiger charge is -2.17. The number of carbonyl (C=O) groups excluding carboxylic acids is 2. The monoisotopic (exact) mass is 382 g/mol. The van der Waals surface area contributed by atoms with E-state index in [1.54, 1.807) is 23.6 Å². The molecule has 2 rings (SSSR count). The molecule has 0 saturated carbocycles. The maximum absolute atomic E-state index is 12.8. The highest BCUT2D eigenvalue weighted by Crippen LogP contribution is 2.35. The van der Waals surface area contributed by atoms with E-state index >= 15 is 0 Å². The van der Waals surface area contributed by atoms with Crippen LogP contribution in [0.3, 0.4) is 0 Å². The Bertz CT molecular complexity index is 612. The molecule has 146 valence electrons. The third-order valence-corrected chi connectivity index (χ3v) is 5.40. The van der Waals surface area contributed by atoms with Gasteiger partial charge in [0.05, 0.1) is 12.3 Å². The Kier molecular flexibility index (Phi) is 8.44. The lowest BCUT2D eigenvalue weighted by atomic mass is 9.97. The number of hydrogen-bond donors (Lipinski definition) is 2. The lowest BCUT2D eigenvalue weighted by molar-refractivity contribution is -0.122. The zero-order valence-electron chi connectivity index (χ0n) is 16.0. The van der Waals surface area contributed by atoms with Crippen molar-refractivity contribution in [2.45, 2.75) is 57.6 Å². The van der Waals surface area contributed by atoms with E-state index in [2.05, 4.69) is 29.6 Å². The highest BCUT2D eigenvalue weighted by Gasteiger charge is 2.26. The molecule has 0 aliphatic carbocycles. The molecule has 0 spiro atoms. The Morgan fingerprint density at radius 1 is 1.27 bits per heavy atom. The molecule has 0 fully saturated rings.